The molecule has 0 radical (unpaired) electrons. The molecule has 0 fully saturated rings. The fraction of sp³-hybridized carbons (Fsp3) is 0.263. The molecular weight excluding hydrogens is 436 g/mol. The molecule has 0 aliphatic rings. The minimum absolute atomic E-state index is 0.331. The van der Waals surface area contributed by atoms with Crippen molar-refractivity contribution < 1.29 is 8.78 Å². The van der Waals surface area contributed by atoms with Crippen molar-refractivity contribution in [3.8, 4) is 11.3 Å². The second-order valence-electron chi connectivity index (χ2n) is 5.71. The molecule has 3 nitrogen and oxygen atoms in total. The molecule has 25 heavy (non-hydrogen) atoms. The molecule has 0 spiro atoms. The second-order valence-corrected chi connectivity index (χ2v) is 8.81. The summed E-state index contributed by atoms with van der Waals surface area (Å²) in [7, 11) is 0. The summed E-state index contributed by atoms with van der Waals surface area (Å²) in [6.07, 6.45) is 2.27. The number of hydrogen-bond donors (Lipinski definition) is 0. The fourth-order valence-corrected chi connectivity index (χ4v) is 5.79. The van der Waals surface area contributed by atoms with Crippen molar-refractivity contribution in [2.45, 2.75) is 30.8 Å². The van der Waals surface area contributed by atoms with Crippen LogP contribution in [0.25, 0.3) is 11.3 Å². The number of halogens is 2. The summed E-state index contributed by atoms with van der Waals surface area (Å²) < 4.78 is 31.5. The van der Waals surface area contributed by atoms with E-state index in [9.17, 15) is 8.78 Å². The van der Waals surface area contributed by atoms with E-state index in [0.717, 1.165) is 32.7 Å². The Morgan fingerprint density at radius 3 is 2.60 bits per heavy atom. The molecule has 2 aromatic carbocycles. The summed E-state index contributed by atoms with van der Waals surface area (Å²) in [6.45, 7) is 2.77. The summed E-state index contributed by atoms with van der Waals surface area (Å²) in [5.74, 6) is -1.17. The van der Waals surface area contributed by atoms with Crippen LogP contribution in [0.4, 0.5) is 8.78 Å². The first-order valence-corrected chi connectivity index (χ1v) is 11.1. The third kappa shape index (κ3) is 4.45. The van der Waals surface area contributed by atoms with Crippen molar-refractivity contribution in [1.29, 1.82) is 0 Å². The Balaban J connectivity index is 1.97. The third-order valence-electron chi connectivity index (χ3n) is 3.79. The number of nitrogens with zero attached hydrogens (tertiary/aromatic N) is 3. The third-order valence-corrected chi connectivity index (χ3v) is 7.13. The molecule has 3 aromatic rings. The average molecular weight is 455 g/mol. The van der Waals surface area contributed by atoms with Crippen molar-refractivity contribution in [3.05, 3.63) is 65.7 Å². The summed E-state index contributed by atoms with van der Waals surface area (Å²) in [6, 6.07) is 13.7. The molecule has 1 heterocycles. The van der Waals surface area contributed by atoms with Gasteiger partial charge in [0.25, 0.3) is 0 Å². The molecule has 0 aliphatic carbocycles. The summed E-state index contributed by atoms with van der Waals surface area (Å²) in [5, 5.41) is 8.50. The van der Waals surface area contributed by atoms with E-state index in [0.29, 0.717) is 17.8 Å². The minimum atomic E-state index is -0.587. The monoisotopic (exact) mass is 457 g/mol. The number of rotatable bonds is 7. The number of aromatic nitrogens is 3. The molecule has 0 aliphatic heterocycles. The predicted octanol–water partition coefficient (Wildman–Crippen LogP) is 3.82. The van der Waals surface area contributed by atoms with Crippen molar-refractivity contribution in [1.82, 2.24) is 15.0 Å². The first-order valence-electron chi connectivity index (χ1n) is 8.24. The van der Waals surface area contributed by atoms with Crippen molar-refractivity contribution in [2.24, 2.45) is 0 Å². The summed E-state index contributed by atoms with van der Waals surface area (Å²) in [5.41, 5.74) is 2.02. The van der Waals surface area contributed by atoms with Crippen molar-refractivity contribution >= 4 is 24.7 Å². The van der Waals surface area contributed by atoms with Crippen molar-refractivity contribution in [3.63, 3.8) is 0 Å². The van der Waals surface area contributed by atoms with Gasteiger partial charge in [0.2, 0.25) is 0 Å². The maximum atomic E-state index is 14.2. The maximum absolute atomic E-state index is 14.2. The summed E-state index contributed by atoms with van der Waals surface area (Å²) >= 11 is -0.556. The van der Waals surface area contributed by atoms with Gasteiger partial charge in [-0.25, -0.2) is 0 Å². The second kappa shape index (κ2) is 8.55. The van der Waals surface area contributed by atoms with Gasteiger partial charge in [-0.15, -0.1) is 0 Å². The van der Waals surface area contributed by atoms with Crippen LogP contribution in [-0.2, 0) is 6.54 Å². The van der Waals surface area contributed by atoms with E-state index in [1.165, 1.54) is 12.1 Å². The van der Waals surface area contributed by atoms with Crippen LogP contribution in [0.15, 0.2) is 48.5 Å². The van der Waals surface area contributed by atoms with Gasteiger partial charge in [-0.3, -0.25) is 0 Å². The Morgan fingerprint density at radius 2 is 1.88 bits per heavy atom. The van der Waals surface area contributed by atoms with E-state index in [-0.39, 0.29) is 0 Å². The molecule has 0 amide bonds. The Hall–Kier alpha value is -1.77. The first-order chi connectivity index (χ1) is 12.2. The fourth-order valence-electron chi connectivity index (χ4n) is 2.47. The molecule has 0 saturated carbocycles. The zero-order valence-corrected chi connectivity index (χ0v) is 16.3. The molecule has 1 aromatic heterocycles. The molecule has 0 saturated heterocycles. The normalized spacial score (nSPS) is 11.0. The SMILES string of the molecule is CCCC[Te]c1c(-c2ccc(F)cc2F)nnn1Cc1ccccc1. The van der Waals surface area contributed by atoms with E-state index in [1.807, 2.05) is 35.0 Å². The van der Waals surface area contributed by atoms with Gasteiger partial charge >= 0.3 is 156 Å². The number of hydrogen-bond acceptors (Lipinski definition) is 2. The van der Waals surface area contributed by atoms with E-state index in [2.05, 4.69) is 17.2 Å². The number of benzene rings is 2. The number of unbranched alkanes of at least 4 members (excludes halogenated alkanes) is 1. The Morgan fingerprint density at radius 1 is 1.08 bits per heavy atom. The van der Waals surface area contributed by atoms with Gasteiger partial charge in [0, 0.05) is 0 Å². The van der Waals surface area contributed by atoms with Crippen LogP contribution in [0, 0.1) is 11.6 Å². The van der Waals surface area contributed by atoms with Gasteiger partial charge in [-0.2, -0.15) is 0 Å². The predicted molar refractivity (Wildman–Crippen MR) is 96.0 cm³/mol. The summed E-state index contributed by atoms with van der Waals surface area (Å²) in [4.78, 5) is 0. The van der Waals surface area contributed by atoms with Gasteiger partial charge < -0.3 is 0 Å². The molecule has 6 heteroatoms. The Bertz CT molecular complexity index is 834. The van der Waals surface area contributed by atoms with Crippen LogP contribution in [0.5, 0.6) is 0 Å². The van der Waals surface area contributed by atoms with Crippen LogP contribution >= 0.6 is 0 Å². The molecule has 0 N–H and O–H groups in total. The zero-order chi connectivity index (χ0) is 17.6. The molecule has 130 valence electrons. The quantitative estimate of drug-likeness (QED) is 0.401. The van der Waals surface area contributed by atoms with Crippen molar-refractivity contribution in [2.75, 3.05) is 0 Å². The van der Waals surface area contributed by atoms with E-state index >= 15 is 0 Å². The zero-order valence-electron chi connectivity index (χ0n) is 14.0. The van der Waals surface area contributed by atoms with Gasteiger partial charge in [0.05, 0.1) is 0 Å². The molecule has 0 unspecified atom stereocenters. The Labute approximate surface area is 156 Å². The van der Waals surface area contributed by atoms with Crippen LogP contribution in [0.1, 0.15) is 25.3 Å². The molecule has 0 bridgehead atoms. The van der Waals surface area contributed by atoms with Gasteiger partial charge in [-0.1, -0.05) is 0 Å². The topological polar surface area (TPSA) is 30.7 Å². The van der Waals surface area contributed by atoms with Gasteiger partial charge in [-0.05, 0) is 0 Å². The van der Waals surface area contributed by atoms with Crippen LogP contribution in [-0.4, -0.2) is 35.9 Å². The van der Waals surface area contributed by atoms with Gasteiger partial charge in [0.1, 0.15) is 0 Å². The van der Waals surface area contributed by atoms with Crippen LogP contribution in [0.2, 0.25) is 4.47 Å². The van der Waals surface area contributed by atoms with E-state index in [4.69, 9.17) is 0 Å². The molecule has 3 rings (SSSR count). The standard InChI is InChI=1S/C19H19F2N3Te/c1-2-3-11-25-19-18(16-10-9-15(20)12-17(16)21)22-23-24(19)13-14-7-5-4-6-8-14/h4-10,12H,2-3,11,13H2,1H3. The van der Waals surface area contributed by atoms with Crippen LogP contribution in [0.3, 0.4) is 0 Å². The Kier molecular flexibility index (Phi) is 6.17. The average Bonchev–Trinajstić information content (AvgIpc) is 2.99. The van der Waals surface area contributed by atoms with E-state index < -0.39 is 32.6 Å². The van der Waals surface area contributed by atoms with Gasteiger partial charge in [0.15, 0.2) is 0 Å². The van der Waals surface area contributed by atoms with Crippen LogP contribution < -0.4 is 3.74 Å². The first kappa shape index (κ1) is 18.0. The van der Waals surface area contributed by atoms with E-state index in [1.54, 1.807) is 0 Å². The molecular formula is C19H19F2N3Te. The molecule has 0 atom stereocenters.